The van der Waals surface area contributed by atoms with Gasteiger partial charge in [0.05, 0.1) is 18.0 Å². The van der Waals surface area contributed by atoms with Gasteiger partial charge in [-0.3, -0.25) is 4.79 Å². The van der Waals surface area contributed by atoms with Crippen molar-refractivity contribution < 1.29 is 22.5 Å². The number of sulfonamides is 1. The van der Waals surface area contributed by atoms with E-state index >= 15 is 0 Å². The molecule has 2 aromatic rings. The fraction of sp³-hybridized carbons (Fsp3) is 0.438. The van der Waals surface area contributed by atoms with E-state index in [4.69, 9.17) is 9.26 Å². The van der Waals surface area contributed by atoms with E-state index < -0.39 is 10.0 Å². The monoisotopic (exact) mass is 380 g/mol. The molecule has 0 unspecified atom stereocenters. The summed E-state index contributed by atoms with van der Waals surface area (Å²) in [6.07, 6.45) is 0.629. The Hall–Kier alpha value is -2.30. The first-order valence-corrected chi connectivity index (χ1v) is 9.58. The molecular formula is C16H20N4O5S. The van der Waals surface area contributed by atoms with Crippen LogP contribution in [0.15, 0.2) is 33.7 Å². The van der Waals surface area contributed by atoms with Gasteiger partial charge in [-0.15, -0.1) is 0 Å². The molecule has 0 aliphatic carbocycles. The van der Waals surface area contributed by atoms with Crippen LogP contribution in [-0.4, -0.2) is 55.7 Å². The van der Waals surface area contributed by atoms with E-state index in [0.29, 0.717) is 31.3 Å². The van der Waals surface area contributed by atoms with Gasteiger partial charge in [0.15, 0.2) is 5.82 Å². The number of aryl methyl sites for hydroxylation is 1. The maximum absolute atomic E-state index is 12.6. The first kappa shape index (κ1) is 18.5. The Morgan fingerprint density at radius 3 is 2.88 bits per heavy atom. The molecule has 0 spiro atoms. The van der Waals surface area contributed by atoms with Crippen molar-refractivity contribution in [2.75, 3.05) is 20.3 Å². The van der Waals surface area contributed by atoms with Crippen LogP contribution in [0.5, 0.6) is 0 Å². The number of aromatic nitrogens is 2. The number of hydrogen-bond donors (Lipinski definition) is 1. The Kier molecular flexibility index (Phi) is 5.35. The zero-order valence-electron chi connectivity index (χ0n) is 14.5. The second-order valence-electron chi connectivity index (χ2n) is 6.11. The molecule has 3 rings (SSSR count). The van der Waals surface area contributed by atoms with Crippen molar-refractivity contribution in [1.29, 1.82) is 0 Å². The average molecular weight is 380 g/mol. The Bertz CT molecular complexity index is 890. The largest absolute Gasteiger partial charge is 0.380 e. The van der Waals surface area contributed by atoms with Gasteiger partial charge in [0.1, 0.15) is 0 Å². The summed E-state index contributed by atoms with van der Waals surface area (Å²) < 4.78 is 37.8. The van der Waals surface area contributed by atoms with Gasteiger partial charge in [-0.25, -0.2) is 13.1 Å². The van der Waals surface area contributed by atoms with Gasteiger partial charge in [-0.05, 0) is 31.5 Å². The van der Waals surface area contributed by atoms with Crippen molar-refractivity contribution in [3.05, 3.63) is 41.5 Å². The van der Waals surface area contributed by atoms with Gasteiger partial charge in [-0.1, -0.05) is 11.2 Å². The molecule has 26 heavy (non-hydrogen) atoms. The lowest BCUT2D eigenvalue weighted by Gasteiger charge is -2.16. The first-order valence-electron chi connectivity index (χ1n) is 8.10. The molecule has 1 N–H and O–H groups in total. The van der Waals surface area contributed by atoms with Crippen molar-refractivity contribution >= 4 is 15.9 Å². The minimum Gasteiger partial charge on any atom is -0.380 e. The Morgan fingerprint density at radius 1 is 1.42 bits per heavy atom. The quantitative estimate of drug-likeness (QED) is 0.785. The number of benzene rings is 1. The van der Waals surface area contributed by atoms with Crippen LogP contribution in [0.25, 0.3) is 0 Å². The third kappa shape index (κ3) is 4.26. The maximum Gasteiger partial charge on any atom is 0.254 e. The number of carbonyl (C=O) groups is 1. The van der Waals surface area contributed by atoms with E-state index in [-0.39, 0.29) is 29.0 Å². The lowest BCUT2D eigenvalue weighted by molar-refractivity contribution is 0.0769. The fourth-order valence-corrected chi connectivity index (χ4v) is 3.91. The van der Waals surface area contributed by atoms with Crippen LogP contribution in [0.4, 0.5) is 0 Å². The zero-order valence-corrected chi connectivity index (χ0v) is 15.3. The second kappa shape index (κ2) is 7.52. The number of carbonyl (C=O) groups excluding carboxylic acids is 1. The SMILES string of the molecule is Cc1noc(CN(C)C(=O)c2cccc(S(=O)(=O)N[C@@H]3CCOC3)c2)n1. The minimum atomic E-state index is -3.72. The van der Waals surface area contributed by atoms with Crippen molar-refractivity contribution in [3.8, 4) is 0 Å². The number of ether oxygens (including phenoxy) is 1. The first-order chi connectivity index (χ1) is 12.3. The van der Waals surface area contributed by atoms with Gasteiger partial charge in [0.25, 0.3) is 5.91 Å². The lowest BCUT2D eigenvalue weighted by atomic mass is 10.2. The minimum absolute atomic E-state index is 0.0392. The molecular weight excluding hydrogens is 360 g/mol. The van der Waals surface area contributed by atoms with Crippen LogP contribution in [0, 0.1) is 6.92 Å². The van der Waals surface area contributed by atoms with Crippen LogP contribution >= 0.6 is 0 Å². The average Bonchev–Trinajstić information content (AvgIpc) is 3.25. The van der Waals surface area contributed by atoms with Gasteiger partial charge in [0, 0.05) is 25.3 Å². The summed E-state index contributed by atoms with van der Waals surface area (Å²) in [6, 6.07) is 5.67. The van der Waals surface area contributed by atoms with E-state index in [2.05, 4.69) is 14.9 Å². The predicted molar refractivity (Wildman–Crippen MR) is 90.8 cm³/mol. The number of nitrogens with one attached hydrogen (secondary N) is 1. The molecule has 140 valence electrons. The smallest absolute Gasteiger partial charge is 0.254 e. The Labute approximate surface area is 151 Å². The summed E-state index contributed by atoms with van der Waals surface area (Å²) in [7, 11) is -2.14. The highest BCUT2D eigenvalue weighted by Crippen LogP contribution is 2.16. The summed E-state index contributed by atoms with van der Waals surface area (Å²) in [5.41, 5.74) is 0.259. The summed E-state index contributed by atoms with van der Waals surface area (Å²) in [5, 5.41) is 3.68. The number of rotatable bonds is 6. The molecule has 0 saturated carbocycles. The second-order valence-corrected chi connectivity index (χ2v) is 7.82. The van der Waals surface area contributed by atoms with E-state index in [1.807, 2.05) is 0 Å². The van der Waals surface area contributed by atoms with Crippen molar-refractivity contribution in [2.24, 2.45) is 0 Å². The summed E-state index contributed by atoms with van der Waals surface area (Å²) in [4.78, 5) is 18.1. The van der Waals surface area contributed by atoms with Crippen LogP contribution in [0.1, 0.15) is 28.5 Å². The van der Waals surface area contributed by atoms with Crippen LogP contribution < -0.4 is 4.72 Å². The number of amides is 1. The van der Waals surface area contributed by atoms with E-state index in [9.17, 15) is 13.2 Å². The third-order valence-electron chi connectivity index (χ3n) is 3.93. The topological polar surface area (TPSA) is 115 Å². The Balaban J connectivity index is 1.74. The molecule has 9 nitrogen and oxygen atoms in total. The normalized spacial score (nSPS) is 17.4. The predicted octanol–water partition coefficient (Wildman–Crippen LogP) is 0.717. The molecule has 1 fully saturated rings. The summed E-state index contributed by atoms with van der Waals surface area (Å²) in [5.74, 6) is 0.447. The standard InChI is InChI=1S/C16H20N4O5S/c1-11-17-15(25-18-11)9-20(2)16(21)12-4-3-5-14(8-12)26(22,23)19-13-6-7-24-10-13/h3-5,8,13,19H,6-7,9-10H2,1-2H3/t13-/m1/s1. The summed E-state index contributed by atoms with van der Waals surface area (Å²) >= 11 is 0. The maximum atomic E-state index is 12.6. The van der Waals surface area contributed by atoms with Crippen LogP contribution in [0.2, 0.25) is 0 Å². The lowest BCUT2D eigenvalue weighted by Crippen LogP contribution is -2.35. The van der Waals surface area contributed by atoms with Gasteiger partial charge >= 0.3 is 0 Å². The van der Waals surface area contributed by atoms with Crippen molar-refractivity contribution in [3.63, 3.8) is 0 Å². The van der Waals surface area contributed by atoms with Crippen molar-refractivity contribution in [1.82, 2.24) is 19.8 Å². The van der Waals surface area contributed by atoms with Crippen molar-refractivity contribution in [2.45, 2.75) is 30.8 Å². The molecule has 10 heteroatoms. The molecule has 2 heterocycles. The highest BCUT2D eigenvalue weighted by atomic mass is 32.2. The van der Waals surface area contributed by atoms with E-state index in [1.165, 1.54) is 23.1 Å². The van der Waals surface area contributed by atoms with Crippen LogP contribution in [0.3, 0.4) is 0 Å². The zero-order chi connectivity index (χ0) is 18.7. The molecule has 1 aromatic carbocycles. The Morgan fingerprint density at radius 2 is 2.23 bits per heavy atom. The van der Waals surface area contributed by atoms with Gasteiger partial charge in [-0.2, -0.15) is 4.98 Å². The molecule has 1 saturated heterocycles. The van der Waals surface area contributed by atoms with E-state index in [0.717, 1.165) is 0 Å². The summed E-state index contributed by atoms with van der Waals surface area (Å²) in [6.45, 7) is 2.70. The number of hydrogen-bond acceptors (Lipinski definition) is 7. The van der Waals surface area contributed by atoms with Gasteiger partial charge < -0.3 is 14.2 Å². The highest BCUT2D eigenvalue weighted by Gasteiger charge is 2.24. The molecule has 1 amide bonds. The highest BCUT2D eigenvalue weighted by molar-refractivity contribution is 7.89. The molecule has 0 bridgehead atoms. The van der Waals surface area contributed by atoms with Crippen LogP contribution in [-0.2, 0) is 21.3 Å². The molecule has 1 aliphatic rings. The van der Waals surface area contributed by atoms with Gasteiger partial charge in [0.2, 0.25) is 15.9 Å². The molecule has 0 radical (unpaired) electrons. The molecule has 1 aliphatic heterocycles. The number of nitrogens with zero attached hydrogens (tertiary/aromatic N) is 3. The third-order valence-corrected chi connectivity index (χ3v) is 5.45. The fourth-order valence-electron chi connectivity index (χ4n) is 2.61. The molecule has 1 atom stereocenters. The molecule has 1 aromatic heterocycles. The van der Waals surface area contributed by atoms with E-state index in [1.54, 1.807) is 20.0 Å².